The summed E-state index contributed by atoms with van der Waals surface area (Å²) in [4.78, 5) is 16.5. The molecule has 3 aromatic carbocycles. The highest BCUT2D eigenvalue weighted by Crippen LogP contribution is 2.44. The van der Waals surface area contributed by atoms with Crippen molar-refractivity contribution in [3.05, 3.63) is 116 Å². The molecule has 0 spiro atoms. The summed E-state index contributed by atoms with van der Waals surface area (Å²) in [7, 11) is -0.171. The minimum absolute atomic E-state index is 0.0390. The smallest absolute Gasteiger partial charge is 0.272 e. The van der Waals surface area contributed by atoms with Crippen molar-refractivity contribution in [1.82, 2.24) is 4.57 Å². The molecule has 0 bridgehead atoms. The maximum Gasteiger partial charge on any atom is 0.272 e. The third-order valence-corrected chi connectivity index (χ3v) is 11.0. The number of allylic oxidation sites excluding steroid dienone is 1. The first-order valence-electron chi connectivity index (χ1n) is 12.6. The number of thiazole rings is 2. The lowest BCUT2D eigenvalue weighted by atomic mass is 10.2. The lowest BCUT2D eigenvalue weighted by Crippen LogP contribution is -2.34. The van der Waals surface area contributed by atoms with Gasteiger partial charge in [0.25, 0.3) is 10.6 Å². The highest BCUT2D eigenvalue weighted by atomic mass is 32.2. The van der Waals surface area contributed by atoms with E-state index < -0.39 is 10.1 Å². The average molecular weight is 622 g/mol. The fourth-order valence-electron chi connectivity index (χ4n) is 4.33. The second kappa shape index (κ2) is 11.8. The molecule has 0 N–H and O–H groups in total. The maximum atomic E-state index is 13.4. The van der Waals surface area contributed by atoms with Gasteiger partial charge in [-0.25, -0.2) is 8.42 Å². The predicted molar refractivity (Wildman–Crippen MR) is 168 cm³/mol. The number of hydrogen-bond acceptors (Lipinski definition) is 8. The number of thioether (sulfide) groups is 1. The second-order valence-electron chi connectivity index (χ2n) is 9.29. The van der Waals surface area contributed by atoms with Crippen LogP contribution in [0.15, 0.2) is 100 Å². The SMILES string of the molecule is C=CCn1c(=Cc2sc3ccccc3[n+]2C)sc(=C2Sc3ccccc3N2C)c1=O.Cc1ccc(S(=O)(=O)[O-])cc1. The van der Waals surface area contributed by atoms with Crippen LogP contribution in [0.3, 0.4) is 0 Å². The van der Waals surface area contributed by atoms with Crippen molar-refractivity contribution in [2.24, 2.45) is 7.05 Å². The van der Waals surface area contributed by atoms with E-state index in [2.05, 4.69) is 65.6 Å². The van der Waals surface area contributed by atoms with Crippen molar-refractivity contribution >= 4 is 71.6 Å². The van der Waals surface area contributed by atoms with Gasteiger partial charge in [-0.05, 0) is 37.3 Å². The molecule has 0 saturated heterocycles. The number of hydrogen-bond donors (Lipinski definition) is 0. The Morgan fingerprint density at radius 2 is 1.68 bits per heavy atom. The number of fused-ring (bicyclic) bond motifs is 2. The summed E-state index contributed by atoms with van der Waals surface area (Å²) in [6.45, 7) is 6.17. The zero-order chi connectivity index (χ0) is 29.3. The highest BCUT2D eigenvalue weighted by Gasteiger charge is 2.24. The van der Waals surface area contributed by atoms with Gasteiger partial charge in [-0.1, -0.05) is 71.1 Å². The molecule has 41 heavy (non-hydrogen) atoms. The topological polar surface area (TPSA) is 86.3 Å². The van der Waals surface area contributed by atoms with Crippen LogP contribution in [0, 0.1) is 6.92 Å². The fourth-order valence-corrected chi connectivity index (χ4v) is 8.36. The Kier molecular flexibility index (Phi) is 8.35. The van der Waals surface area contributed by atoms with Gasteiger partial charge in [-0.3, -0.25) is 9.36 Å². The molecule has 210 valence electrons. The Labute approximate surface area is 250 Å². The van der Waals surface area contributed by atoms with Gasteiger partial charge >= 0.3 is 0 Å². The molecule has 6 rings (SSSR count). The molecule has 11 heteroatoms. The quantitative estimate of drug-likeness (QED) is 0.170. The number of anilines is 1. The van der Waals surface area contributed by atoms with Crippen molar-refractivity contribution in [2.75, 3.05) is 11.9 Å². The molecule has 0 saturated carbocycles. The first kappa shape index (κ1) is 29.0. The van der Waals surface area contributed by atoms with Crippen molar-refractivity contribution in [1.29, 1.82) is 0 Å². The minimum Gasteiger partial charge on any atom is -0.744 e. The fraction of sp³-hybridized carbons (Fsp3) is 0.133. The van der Waals surface area contributed by atoms with Crippen LogP contribution in [-0.4, -0.2) is 24.6 Å². The van der Waals surface area contributed by atoms with E-state index in [0.717, 1.165) is 30.5 Å². The molecule has 3 heterocycles. The summed E-state index contributed by atoms with van der Waals surface area (Å²) in [5, 5.41) is 2.10. The first-order chi connectivity index (χ1) is 19.6. The third kappa shape index (κ3) is 5.95. The van der Waals surface area contributed by atoms with E-state index in [4.69, 9.17) is 0 Å². The van der Waals surface area contributed by atoms with Crippen LogP contribution in [0.2, 0.25) is 0 Å². The number of aromatic nitrogens is 2. The van der Waals surface area contributed by atoms with Crippen LogP contribution in [0.25, 0.3) is 21.3 Å². The van der Waals surface area contributed by atoms with E-state index in [1.165, 1.54) is 27.2 Å². The zero-order valence-corrected chi connectivity index (χ0v) is 25.9. The number of rotatable bonds is 4. The molecule has 7 nitrogen and oxygen atoms in total. The molecule has 5 aromatic rings. The normalized spacial score (nSPS) is 14.6. The Morgan fingerprint density at radius 1 is 1.00 bits per heavy atom. The molecule has 0 aliphatic carbocycles. The highest BCUT2D eigenvalue weighted by molar-refractivity contribution is 8.08. The van der Waals surface area contributed by atoms with Crippen molar-refractivity contribution in [3.8, 4) is 0 Å². The molecule has 1 aliphatic heterocycles. The molecule has 0 fully saturated rings. The first-order valence-corrected chi connectivity index (χ1v) is 16.4. The summed E-state index contributed by atoms with van der Waals surface area (Å²) >= 11 is 4.95. The third-order valence-electron chi connectivity index (χ3n) is 6.48. The van der Waals surface area contributed by atoms with E-state index in [1.807, 2.05) is 30.7 Å². The lowest BCUT2D eigenvalue weighted by molar-refractivity contribution is -0.642. The second-order valence-corrected chi connectivity index (χ2v) is 13.8. The van der Waals surface area contributed by atoms with Crippen LogP contribution in [0.1, 0.15) is 10.6 Å². The van der Waals surface area contributed by atoms with Gasteiger partial charge in [-0.2, -0.15) is 4.57 Å². The van der Waals surface area contributed by atoms with Crippen molar-refractivity contribution in [3.63, 3.8) is 0 Å². The number of aryl methyl sites for hydroxylation is 2. The van der Waals surface area contributed by atoms with Gasteiger partial charge < -0.3 is 9.45 Å². The van der Waals surface area contributed by atoms with E-state index >= 15 is 0 Å². The van der Waals surface area contributed by atoms with Crippen LogP contribution in [0.4, 0.5) is 5.69 Å². The zero-order valence-electron chi connectivity index (χ0n) is 22.6. The van der Waals surface area contributed by atoms with Gasteiger partial charge in [-0.15, -0.1) is 17.9 Å². The molecule has 2 aromatic heterocycles. The summed E-state index contributed by atoms with van der Waals surface area (Å²) in [5.74, 6) is 0. The van der Waals surface area contributed by atoms with Crippen molar-refractivity contribution in [2.45, 2.75) is 23.3 Å². The predicted octanol–water partition coefficient (Wildman–Crippen LogP) is 4.17. The van der Waals surface area contributed by atoms with Crippen molar-refractivity contribution < 1.29 is 17.5 Å². The summed E-state index contributed by atoms with van der Waals surface area (Å²) in [6, 6.07) is 22.4. The summed E-state index contributed by atoms with van der Waals surface area (Å²) in [5.41, 5.74) is 3.30. The molecule has 1 aliphatic rings. The van der Waals surface area contributed by atoms with E-state index in [-0.39, 0.29) is 10.5 Å². The Morgan fingerprint density at radius 3 is 2.34 bits per heavy atom. The van der Waals surface area contributed by atoms with Gasteiger partial charge in [0.2, 0.25) is 5.52 Å². The number of benzene rings is 3. The number of nitrogens with zero attached hydrogens (tertiary/aromatic N) is 3. The molecule has 0 radical (unpaired) electrons. The largest absolute Gasteiger partial charge is 0.744 e. The molecular formula is C30H27N3O4S4. The Hall–Kier alpha value is -3.48. The van der Waals surface area contributed by atoms with Gasteiger partial charge in [0.05, 0.1) is 16.7 Å². The minimum atomic E-state index is -4.27. The molecule has 0 atom stereocenters. The van der Waals surface area contributed by atoms with Crippen LogP contribution < -0.4 is 24.2 Å². The monoisotopic (exact) mass is 621 g/mol. The van der Waals surface area contributed by atoms with Crippen LogP contribution in [0.5, 0.6) is 0 Å². The number of para-hydroxylation sites is 2. The Bertz CT molecular complexity index is 2060. The lowest BCUT2D eigenvalue weighted by Gasteiger charge is -2.11. The van der Waals surface area contributed by atoms with Crippen LogP contribution in [-0.2, 0) is 23.7 Å². The standard InChI is InChI=1S/C23H20N3OS3.C7H8O3S/c1-4-13-26-20(14-19-24(2)15-9-5-7-11-17(15)28-19)30-21(22(26)27)23-25(3)16-10-6-8-12-18(16)29-23;1-6-2-4-7(5-3-6)11(8,9)10/h4-12,14H,1,13H2,2-3H3;2-5H,1H3,(H,8,9,10)/q+1;/p-1. The van der Waals surface area contributed by atoms with Gasteiger partial charge in [0.1, 0.15) is 36.1 Å². The van der Waals surface area contributed by atoms with Gasteiger partial charge in [0.15, 0.2) is 0 Å². The summed E-state index contributed by atoms with van der Waals surface area (Å²) in [6.07, 6.45) is 3.90. The van der Waals surface area contributed by atoms with Gasteiger partial charge in [0, 0.05) is 24.6 Å². The van der Waals surface area contributed by atoms with E-state index in [0.29, 0.717) is 6.54 Å². The molecule has 0 unspecified atom stereocenters. The average Bonchev–Trinajstić information content (AvgIpc) is 3.56. The van der Waals surface area contributed by atoms with Crippen LogP contribution >= 0.6 is 34.4 Å². The molecular weight excluding hydrogens is 595 g/mol. The van der Waals surface area contributed by atoms with E-state index in [9.17, 15) is 17.8 Å². The summed E-state index contributed by atoms with van der Waals surface area (Å²) < 4.78 is 38.1. The van der Waals surface area contributed by atoms with E-state index in [1.54, 1.807) is 52.6 Å². The molecule has 0 amide bonds. The Balaban J connectivity index is 0.000000259. The maximum absolute atomic E-state index is 13.4.